The summed E-state index contributed by atoms with van der Waals surface area (Å²) >= 11 is 5.64. The molecule has 0 spiro atoms. The first kappa shape index (κ1) is 14.8. The molecule has 0 aliphatic rings. The molecule has 1 amide bonds. The topological polar surface area (TPSA) is 62.1 Å². The average Bonchev–Trinajstić information content (AvgIpc) is 2.48. The Morgan fingerprint density at radius 2 is 2.10 bits per heavy atom. The summed E-state index contributed by atoms with van der Waals surface area (Å²) in [5, 5.41) is 10.9. The number of amides is 1. The molecule has 4 nitrogen and oxygen atoms in total. The van der Waals surface area contributed by atoms with Crippen molar-refractivity contribution < 1.29 is 13.9 Å². The van der Waals surface area contributed by atoms with Gasteiger partial charge in [0.05, 0.1) is 10.6 Å². The number of benzene rings is 2. The SMILES string of the molecule is N#CCOc1cccc(NC(=O)c2cccc(Cl)c2F)c1. The Morgan fingerprint density at radius 1 is 1.33 bits per heavy atom. The number of carbonyl (C=O) groups is 1. The highest BCUT2D eigenvalue weighted by Crippen LogP contribution is 2.21. The summed E-state index contributed by atoms with van der Waals surface area (Å²) in [7, 11) is 0. The van der Waals surface area contributed by atoms with Gasteiger partial charge in [0.25, 0.3) is 5.91 Å². The lowest BCUT2D eigenvalue weighted by Crippen LogP contribution is -2.14. The van der Waals surface area contributed by atoms with Gasteiger partial charge in [0, 0.05) is 11.8 Å². The summed E-state index contributed by atoms with van der Waals surface area (Å²) in [5.41, 5.74) is 0.278. The van der Waals surface area contributed by atoms with E-state index in [1.165, 1.54) is 24.3 Å². The molecule has 1 N–H and O–H groups in total. The Labute approximate surface area is 125 Å². The highest BCUT2D eigenvalue weighted by molar-refractivity contribution is 6.31. The Balaban J connectivity index is 2.16. The summed E-state index contributed by atoms with van der Waals surface area (Å²) in [6, 6.07) is 12.5. The van der Waals surface area contributed by atoms with Crippen LogP contribution in [0.25, 0.3) is 0 Å². The summed E-state index contributed by atoms with van der Waals surface area (Å²) in [5.74, 6) is -0.957. The number of carbonyl (C=O) groups excluding carboxylic acids is 1. The summed E-state index contributed by atoms with van der Waals surface area (Å²) in [6.45, 7) is -0.0969. The van der Waals surface area contributed by atoms with Crippen molar-refractivity contribution in [1.82, 2.24) is 0 Å². The Kier molecular flexibility index (Phi) is 4.75. The molecule has 0 unspecified atom stereocenters. The lowest BCUT2D eigenvalue weighted by molar-refractivity contribution is 0.102. The van der Waals surface area contributed by atoms with Gasteiger partial charge in [0.15, 0.2) is 12.4 Å². The molecule has 2 rings (SSSR count). The highest BCUT2D eigenvalue weighted by atomic mass is 35.5. The molecule has 2 aromatic rings. The standard InChI is InChI=1S/C15H10ClFN2O2/c16-13-6-2-5-12(14(13)17)15(20)19-10-3-1-4-11(9-10)21-8-7-18/h1-6,9H,8H2,(H,19,20). The van der Waals surface area contributed by atoms with Crippen LogP contribution in [0.15, 0.2) is 42.5 Å². The van der Waals surface area contributed by atoms with E-state index in [0.717, 1.165) is 0 Å². The van der Waals surface area contributed by atoms with E-state index in [1.807, 2.05) is 6.07 Å². The lowest BCUT2D eigenvalue weighted by atomic mass is 10.2. The van der Waals surface area contributed by atoms with Crippen molar-refractivity contribution in [1.29, 1.82) is 5.26 Å². The van der Waals surface area contributed by atoms with Crippen molar-refractivity contribution in [2.24, 2.45) is 0 Å². The third-order valence-corrected chi connectivity index (χ3v) is 2.88. The van der Waals surface area contributed by atoms with E-state index >= 15 is 0 Å². The second kappa shape index (κ2) is 6.73. The Bertz CT molecular complexity index is 713. The van der Waals surface area contributed by atoms with Gasteiger partial charge in [-0.2, -0.15) is 5.26 Å². The number of hydrogen-bond donors (Lipinski definition) is 1. The van der Waals surface area contributed by atoms with Gasteiger partial charge >= 0.3 is 0 Å². The highest BCUT2D eigenvalue weighted by Gasteiger charge is 2.14. The van der Waals surface area contributed by atoms with E-state index in [1.54, 1.807) is 18.2 Å². The molecule has 0 heterocycles. The predicted octanol–water partition coefficient (Wildman–Crippen LogP) is 3.63. The van der Waals surface area contributed by atoms with Gasteiger partial charge in [-0.05, 0) is 24.3 Å². The molecule has 0 saturated heterocycles. The van der Waals surface area contributed by atoms with Gasteiger partial charge in [0.2, 0.25) is 0 Å². The van der Waals surface area contributed by atoms with Crippen molar-refractivity contribution in [3.63, 3.8) is 0 Å². The number of anilines is 1. The van der Waals surface area contributed by atoms with Gasteiger partial charge in [-0.25, -0.2) is 4.39 Å². The van der Waals surface area contributed by atoms with Gasteiger partial charge in [-0.15, -0.1) is 0 Å². The first-order chi connectivity index (χ1) is 10.1. The van der Waals surface area contributed by atoms with Crippen LogP contribution in [0.3, 0.4) is 0 Å². The fraction of sp³-hybridized carbons (Fsp3) is 0.0667. The third-order valence-electron chi connectivity index (χ3n) is 2.59. The van der Waals surface area contributed by atoms with Crippen LogP contribution in [0.5, 0.6) is 5.75 Å². The predicted molar refractivity (Wildman–Crippen MR) is 76.9 cm³/mol. The number of nitrogens with one attached hydrogen (secondary N) is 1. The van der Waals surface area contributed by atoms with Crippen LogP contribution in [-0.2, 0) is 0 Å². The number of nitriles is 1. The van der Waals surface area contributed by atoms with Gasteiger partial charge in [-0.3, -0.25) is 4.79 Å². The molecule has 106 valence electrons. The zero-order valence-corrected chi connectivity index (χ0v) is 11.5. The summed E-state index contributed by atoms with van der Waals surface area (Å²) < 4.78 is 18.9. The molecule has 0 atom stereocenters. The van der Waals surface area contributed by atoms with Gasteiger partial charge in [0.1, 0.15) is 11.8 Å². The summed E-state index contributed by atoms with van der Waals surface area (Å²) in [4.78, 5) is 12.0. The number of ether oxygens (including phenoxy) is 1. The summed E-state index contributed by atoms with van der Waals surface area (Å²) in [6.07, 6.45) is 0. The van der Waals surface area contributed by atoms with Crippen LogP contribution in [-0.4, -0.2) is 12.5 Å². The zero-order chi connectivity index (χ0) is 15.2. The molecule has 21 heavy (non-hydrogen) atoms. The van der Waals surface area contributed by atoms with Gasteiger partial charge in [-0.1, -0.05) is 23.7 Å². The molecule has 0 aliphatic heterocycles. The largest absolute Gasteiger partial charge is 0.479 e. The second-order valence-corrected chi connectivity index (χ2v) is 4.44. The lowest BCUT2D eigenvalue weighted by Gasteiger charge is -2.08. The fourth-order valence-electron chi connectivity index (χ4n) is 1.66. The molecular weight excluding hydrogens is 295 g/mol. The van der Waals surface area contributed by atoms with E-state index < -0.39 is 11.7 Å². The first-order valence-electron chi connectivity index (χ1n) is 5.97. The number of nitrogens with zero attached hydrogens (tertiary/aromatic N) is 1. The molecular formula is C15H10ClFN2O2. The number of halogens is 2. The monoisotopic (exact) mass is 304 g/mol. The molecule has 6 heteroatoms. The van der Waals surface area contributed by atoms with Crippen LogP contribution >= 0.6 is 11.6 Å². The van der Waals surface area contributed by atoms with Crippen molar-refractivity contribution in [3.8, 4) is 11.8 Å². The molecule has 0 saturated carbocycles. The first-order valence-corrected chi connectivity index (χ1v) is 6.35. The van der Waals surface area contributed by atoms with Gasteiger partial charge < -0.3 is 10.1 Å². The maximum atomic E-state index is 13.7. The van der Waals surface area contributed by atoms with E-state index in [-0.39, 0.29) is 17.2 Å². The van der Waals surface area contributed by atoms with Crippen molar-refractivity contribution in [2.75, 3.05) is 11.9 Å². The van der Waals surface area contributed by atoms with E-state index in [9.17, 15) is 9.18 Å². The maximum Gasteiger partial charge on any atom is 0.258 e. The molecule has 0 aromatic heterocycles. The fourth-order valence-corrected chi connectivity index (χ4v) is 1.83. The zero-order valence-electron chi connectivity index (χ0n) is 10.8. The van der Waals surface area contributed by atoms with E-state index in [0.29, 0.717) is 11.4 Å². The molecule has 2 aromatic carbocycles. The van der Waals surface area contributed by atoms with Crippen molar-refractivity contribution in [2.45, 2.75) is 0 Å². The smallest absolute Gasteiger partial charge is 0.258 e. The van der Waals surface area contributed by atoms with Crippen LogP contribution in [0.4, 0.5) is 10.1 Å². The average molecular weight is 305 g/mol. The number of hydrogen-bond acceptors (Lipinski definition) is 3. The quantitative estimate of drug-likeness (QED) is 0.938. The van der Waals surface area contributed by atoms with Crippen molar-refractivity contribution in [3.05, 3.63) is 58.9 Å². The normalized spacial score (nSPS) is 9.76. The minimum atomic E-state index is -0.770. The van der Waals surface area contributed by atoms with Crippen molar-refractivity contribution >= 4 is 23.2 Å². The van der Waals surface area contributed by atoms with Crippen LogP contribution in [0.1, 0.15) is 10.4 Å². The Hall–Kier alpha value is -2.58. The molecule has 0 bridgehead atoms. The maximum absolute atomic E-state index is 13.7. The molecule has 0 fully saturated rings. The van der Waals surface area contributed by atoms with E-state index in [4.69, 9.17) is 21.6 Å². The molecule has 0 radical (unpaired) electrons. The van der Waals surface area contributed by atoms with Crippen LogP contribution in [0, 0.1) is 17.1 Å². The van der Waals surface area contributed by atoms with Crippen LogP contribution < -0.4 is 10.1 Å². The van der Waals surface area contributed by atoms with E-state index in [2.05, 4.69) is 5.32 Å². The molecule has 0 aliphatic carbocycles. The second-order valence-electron chi connectivity index (χ2n) is 4.03. The minimum absolute atomic E-state index is 0.0969. The third kappa shape index (κ3) is 3.71. The Morgan fingerprint density at radius 3 is 2.86 bits per heavy atom. The van der Waals surface area contributed by atoms with Crippen LogP contribution in [0.2, 0.25) is 5.02 Å². The number of rotatable bonds is 4. The minimum Gasteiger partial charge on any atom is -0.479 e.